The van der Waals surface area contributed by atoms with Crippen LogP contribution in [0.25, 0.3) is 10.9 Å². The van der Waals surface area contributed by atoms with Gasteiger partial charge in [0.15, 0.2) is 9.84 Å². The summed E-state index contributed by atoms with van der Waals surface area (Å²) in [5.41, 5.74) is 3.19. The number of halogens is 1. The first-order valence-electron chi connectivity index (χ1n) is 8.24. The fourth-order valence-corrected chi connectivity index (χ4v) is 4.69. The first kappa shape index (κ1) is 17.1. The fraction of sp³-hybridized carbons (Fsp3) is 0.211. The number of nitrogens with one attached hydrogen (secondary N) is 2. The lowest BCUT2D eigenvalue weighted by atomic mass is 10.1. The topological polar surface area (TPSA) is 79.0 Å². The predicted molar refractivity (Wildman–Crippen MR) is 101 cm³/mol. The molecule has 0 fully saturated rings. The van der Waals surface area contributed by atoms with Crippen LogP contribution in [0.5, 0.6) is 0 Å². The maximum atomic E-state index is 12.8. The van der Waals surface area contributed by atoms with E-state index in [0.29, 0.717) is 21.5 Å². The summed E-state index contributed by atoms with van der Waals surface area (Å²) >= 11 is 6.04. The van der Waals surface area contributed by atoms with E-state index in [-0.39, 0.29) is 16.8 Å². The van der Waals surface area contributed by atoms with Crippen LogP contribution in [-0.4, -0.2) is 25.6 Å². The van der Waals surface area contributed by atoms with Crippen molar-refractivity contribution in [3.8, 4) is 0 Å². The van der Waals surface area contributed by atoms with Gasteiger partial charge in [-0.05, 0) is 54.3 Å². The predicted octanol–water partition coefficient (Wildman–Crippen LogP) is 3.64. The van der Waals surface area contributed by atoms with Crippen LogP contribution in [0.3, 0.4) is 0 Å². The normalized spacial score (nSPS) is 16.6. The van der Waals surface area contributed by atoms with Gasteiger partial charge < -0.3 is 10.3 Å². The first-order valence-corrected chi connectivity index (χ1v) is 10.5. The highest BCUT2D eigenvalue weighted by atomic mass is 35.5. The molecule has 1 aromatic heterocycles. The summed E-state index contributed by atoms with van der Waals surface area (Å²) in [6.07, 6.45) is 4.49. The van der Waals surface area contributed by atoms with Crippen LogP contribution in [0.1, 0.15) is 33.9 Å². The van der Waals surface area contributed by atoms with E-state index in [9.17, 15) is 13.2 Å². The Morgan fingerprint density at radius 1 is 1.23 bits per heavy atom. The standard InChI is InChI=1S/C19H17ClN2O3S/c1-26(24,25)17-7-5-15(18-14(17)8-9-21-18)19(23)22-16-6-2-11-10-12(20)3-4-13(11)16/h3-5,7-10,16,21H,2,6H2,1H3,(H,22,23)/t16-/m1/s1. The monoisotopic (exact) mass is 388 g/mol. The van der Waals surface area contributed by atoms with Gasteiger partial charge in [0.25, 0.3) is 5.91 Å². The molecule has 1 aliphatic rings. The van der Waals surface area contributed by atoms with Crippen molar-refractivity contribution < 1.29 is 13.2 Å². The number of carbonyl (C=O) groups excluding carboxylic acids is 1. The van der Waals surface area contributed by atoms with Crippen LogP contribution in [0.4, 0.5) is 0 Å². The Kier molecular flexibility index (Phi) is 4.04. The number of rotatable bonds is 3. The SMILES string of the molecule is CS(=O)(=O)c1ccc(C(=O)N[C@@H]2CCc3cc(Cl)ccc32)c2[nH]ccc12. The molecule has 2 aromatic carbocycles. The summed E-state index contributed by atoms with van der Waals surface area (Å²) in [7, 11) is -3.37. The third-order valence-corrected chi connectivity index (χ3v) is 6.21. The molecular weight excluding hydrogens is 372 g/mol. The third-order valence-electron chi connectivity index (χ3n) is 4.82. The van der Waals surface area contributed by atoms with Crippen LogP contribution in [0, 0.1) is 0 Å². The Morgan fingerprint density at radius 2 is 2.04 bits per heavy atom. The van der Waals surface area contributed by atoms with Crippen molar-refractivity contribution in [2.75, 3.05) is 6.26 Å². The van der Waals surface area contributed by atoms with E-state index in [2.05, 4.69) is 10.3 Å². The van der Waals surface area contributed by atoms with Gasteiger partial charge >= 0.3 is 0 Å². The molecule has 0 saturated heterocycles. The number of sulfone groups is 1. The average molecular weight is 389 g/mol. The zero-order valence-electron chi connectivity index (χ0n) is 14.0. The van der Waals surface area contributed by atoms with Gasteiger partial charge in [0, 0.05) is 22.9 Å². The molecule has 1 amide bonds. The molecule has 3 aromatic rings. The van der Waals surface area contributed by atoms with Crippen molar-refractivity contribution in [1.82, 2.24) is 10.3 Å². The van der Waals surface area contributed by atoms with Gasteiger partial charge in [0.05, 0.1) is 22.0 Å². The molecule has 0 bridgehead atoms. The fourth-order valence-electron chi connectivity index (χ4n) is 3.61. The van der Waals surface area contributed by atoms with Crippen LogP contribution < -0.4 is 5.32 Å². The number of aryl methyl sites for hydroxylation is 1. The van der Waals surface area contributed by atoms with E-state index in [0.717, 1.165) is 30.2 Å². The third kappa shape index (κ3) is 2.89. The number of aromatic amines is 1. The van der Waals surface area contributed by atoms with E-state index < -0.39 is 9.84 Å². The summed E-state index contributed by atoms with van der Waals surface area (Å²) in [6, 6.07) is 10.4. The molecule has 4 rings (SSSR count). The minimum Gasteiger partial charge on any atom is -0.360 e. The molecule has 2 N–H and O–H groups in total. The highest BCUT2D eigenvalue weighted by Crippen LogP contribution is 2.33. The lowest BCUT2D eigenvalue weighted by Crippen LogP contribution is -2.27. The summed E-state index contributed by atoms with van der Waals surface area (Å²) in [4.78, 5) is 16.0. The smallest absolute Gasteiger partial charge is 0.253 e. The number of fused-ring (bicyclic) bond motifs is 2. The van der Waals surface area contributed by atoms with E-state index in [1.165, 1.54) is 6.07 Å². The number of benzene rings is 2. The van der Waals surface area contributed by atoms with Gasteiger partial charge in [-0.15, -0.1) is 0 Å². The first-order chi connectivity index (χ1) is 12.3. The molecule has 0 unspecified atom stereocenters. The Balaban J connectivity index is 1.68. The van der Waals surface area contributed by atoms with Gasteiger partial charge in [0.2, 0.25) is 0 Å². The Labute approximate surface area is 156 Å². The van der Waals surface area contributed by atoms with E-state index >= 15 is 0 Å². The molecule has 1 atom stereocenters. The lowest BCUT2D eigenvalue weighted by molar-refractivity contribution is 0.0938. The lowest BCUT2D eigenvalue weighted by Gasteiger charge is -2.15. The maximum Gasteiger partial charge on any atom is 0.253 e. The van der Waals surface area contributed by atoms with Gasteiger partial charge in [-0.2, -0.15) is 0 Å². The summed E-state index contributed by atoms with van der Waals surface area (Å²) < 4.78 is 23.9. The molecule has 134 valence electrons. The number of carbonyl (C=O) groups is 1. The highest BCUT2D eigenvalue weighted by Gasteiger charge is 2.26. The van der Waals surface area contributed by atoms with Gasteiger partial charge in [-0.3, -0.25) is 4.79 Å². The Hall–Kier alpha value is -2.31. The molecule has 1 aliphatic carbocycles. The van der Waals surface area contributed by atoms with Crippen molar-refractivity contribution in [2.45, 2.75) is 23.8 Å². The molecule has 0 aliphatic heterocycles. The Morgan fingerprint density at radius 3 is 2.81 bits per heavy atom. The largest absolute Gasteiger partial charge is 0.360 e. The summed E-state index contributed by atoms with van der Waals surface area (Å²) in [5, 5.41) is 4.28. The quantitative estimate of drug-likeness (QED) is 0.718. The number of aromatic nitrogens is 1. The average Bonchev–Trinajstić information content (AvgIpc) is 3.20. The second-order valence-electron chi connectivity index (χ2n) is 6.56. The zero-order valence-corrected chi connectivity index (χ0v) is 15.6. The van der Waals surface area contributed by atoms with E-state index in [1.54, 1.807) is 18.3 Å². The van der Waals surface area contributed by atoms with Crippen LogP contribution in [-0.2, 0) is 16.3 Å². The minimum absolute atomic E-state index is 0.0747. The second kappa shape index (κ2) is 6.14. The molecule has 5 nitrogen and oxygen atoms in total. The zero-order chi connectivity index (χ0) is 18.5. The van der Waals surface area contributed by atoms with Gasteiger partial charge in [-0.1, -0.05) is 17.7 Å². The van der Waals surface area contributed by atoms with Crippen molar-refractivity contribution in [3.05, 3.63) is 64.3 Å². The van der Waals surface area contributed by atoms with Crippen LogP contribution in [0.2, 0.25) is 5.02 Å². The highest BCUT2D eigenvalue weighted by molar-refractivity contribution is 7.91. The van der Waals surface area contributed by atoms with Crippen LogP contribution in [0.15, 0.2) is 47.5 Å². The molecule has 0 radical (unpaired) electrons. The molecule has 0 saturated carbocycles. The summed E-state index contributed by atoms with van der Waals surface area (Å²) in [5.74, 6) is -0.231. The number of amides is 1. The number of hydrogen-bond donors (Lipinski definition) is 2. The van der Waals surface area contributed by atoms with E-state index in [4.69, 9.17) is 11.6 Å². The van der Waals surface area contributed by atoms with Crippen LogP contribution >= 0.6 is 11.6 Å². The van der Waals surface area contributed by atoms with Crippen molar-refractivity contribution in [1.29, 1.82) is 0 Å². The van der Waals surface area contributed by atoms with E-state index in [1.807, 2.05) is 18.2 Å². The van der Waals surface area contributed by atoms with Crippen molar-refractivity contribution in [2.24, 2.45) is 0 Å². The number of hydrogen-bond acceptors (Lipinski definition) is 3. The van der Waals surface area contributed by atoms with Gasteiger partial charge in [0.1, 0.15) is 0 Å². The molecule has 0 spiro atoms. The Bertz CT molecular complexity index is 1130. The summed E-state index contributed by atoms with van der Waals surface area (Å²) in [6.45, 7) is 0. The maximum absolute atomic E-state index is 12.8. The number of H-pyrrole nitrogens is 1. The minimum atomic E-state index is -3.37. The van der Waals surface area contributed by atoms with Crippen molar-refractivity contribution in [3.63, 3.8) is 0 Å². The van der Waals surface area contributed by atoms with Crippen molar-refractivity contribution >= 4 is 38.2 Å². The molecular formula is C19H17ClN2O3S. The molecule has 26 heavy (non-hydrogen) atoms. The molecule has 7 heteroatoms. The molecule has 1 heterocycles. The van der Waals surface area contributed by atoms with Gasteiger partial charge in [-0.25, -0.2) is 8.42 Å². The second-order valence-corrected chi connectivity index (χ2v) is 8.98.